The van der Waals surface area contributed by atoms with Crippen molar-refractivity contribution in [2.75, 3.05) is 17.3 Å². The van der Waals surface area contributed by atoms with Gasteiger partial charge < -0.3 is 10.1 Å². The fourth-order valence-corrected chi connectivity index (χ4v) is 8.37. The quantitative estimate of drug-likeness (QED) is 0.254. The molecule has 0 aliphatic carbocycles. The zero-order valence-electron chi connectivity index (χ0n) is 22.6. The predicted octanol–water partition coefficient (Wildman–Crippen LogP) is 6.03. The van der Waals surface area contributed by atoms with E-state index in [0.29, 0.717) is 31.9 Å². The average Bonchev–Trinajstić information content (AvgIpc) is 3.43. The molecule has 0 saturated carbocycles. The summed E-state index contributed by atoms with van der Waals surface area (Å²) in [7, 11) is 1.47. The Balaban J connectivity index is 1.40. The number of hydrogen-bond acceptors (Lipinski definition) is 7. The third-order valence-electron chi connectivity index (χ3n) is 7.38. The summed E-state index contributed by atoms with van der Waals surface area (Å²) in [4.78, 5) is 55.3. The van der Waals surface area contributed by atoms with Gasteiger partial charge in [0.15, 0.2) is 0 Å². The summed E-state index contributed by atoms with van der Waals surface area (Å²) in [5.41, 5.74) is -0.0834. The molecule has 0 spiro atoms. The van der Waals surface area contributed by atoms with Crippen molar-refractivity contribution < 1.29 is 32.3 Å². The van der Waals surface area contributed by atoms with Gasteiger partial charge >= 0.3 is 11.0 Å². The molecule has 1 N–H and O–H groups in total. The maximum Gasteiger partial charge on any atom is 0.416 e. The molecule has 1 saturated heterocycles. The summed E-state index contributed by atoms with van der Waals surface area (Å²) < 4.78 is 46.3. The van der Waals surface area contributed by atoms with Crippen LogP contribution in [-0.2, 0) is 27.1 Å². The van der Waals surface area contributed by atoms with Crippen LogP contribution in [0.4, 0.5) is 24.5 Å². The molecule has 226 valence electrons. The topological polar surface area (TPSA) is 97.7 Å². The first-order valence-electron chi connectivity index (χ1n) is 13.1. The maximum atomic E-state index is 14.0. The van der Waals surface area contributed by atoms with Crippen LogP contribution >= 0.6 is 34.7 Å². The van der Waals surface area contributed by atoms with Crippen molar-refractivity contribution in [1.29, 1.82) is 0 Å². The Morgan fingerprint density at radius 3 is 2.43 bits per heavy atom. The highest BCUT2D eigenvalue weighted by Gasteiger charge is 2.57. The molecule has 3 aromatic carbocycles. The molecule has 0 radical (unpaired) electrons. The van der Waals surface area contributed by atoms with E-state index in [0.717, 1.165) is 40.1 Å². The number of ether oxygens (including phenoxy) is 1. The largest absolute Gasteiger partial charge is 0.496 e. The fourth-order valence-electron chi connectivity index (χ4n) is 5.48. The first-order valence-corrected chi connectivity index (χ1v) is 15.2. The Morgan fingerprint density at radius 2 is 1.73 bits per heavy atom. The zero-order valence-corrected chi connectivity index (χ0v) is 25.0. The van der Waals surface area contributed by atoms with Crippen LogP contribution in [0.1, 0.15) is 21.9 Å². The SMILES string of the molecule is COc1ccccc1[C@H]1c2sc(=O)n(CC(=O)Nc3cccc(C(F)(F)F)c3)c2SC2C(=O)N(c3ccc(Cl)cc3)C(=O)C21. The zero-order chi connectivity index (χ0) is 31.3. The van der Waals surface area contributed by atoms with E-state index in [1.165, 1.54) is 23.8 Å². The smallest absolute Gasteiger partial charge is 0.416 e. The van der Waals surface area contributed by atoms with Crippen LogP contribution in [0, 0.1) is 5.92 Å². The highest BCUT2D eigenvalue weighted by Crippen LogP contribution is 2.55. The van der Waals surface area contributed by atoms with Crippen LogP contribution in [0.3, 0.4) is 0 Å². The van der Waals surface area contributed by atoms with Gasteiger partial charge in [0.05, 0.1) is 29.3 Å². The number of alkyl halides is 3. The first kappa shape index (κ1) is 30.0. The number of nitrogens with zero attached hydrogens (tertiary/aromatic N) is 2. The molecule has 14 heteroatoms. The van der Waals surface area contributed by atoms with Gasteiger partial charge in [-0.1, -0.05) is 59.0 Å². The molecule has 0 bridgehead atoms. The van der Waals surface area contributed by atoms with Crippen LogP contribution in [0.25, 0.3) is 0 Å². The number of imide groups is 1. The number of benzene rings is 3. The minimum absolute atomic E-state index is 0.0863. The van der Waals surface area contributed by atoms with Gasteiger partial charge in [-0.15, -0.1) is 0 Å². The number of amides is 3. The van der Waals surface area contributed by atoms with E-state index in [9.17, 15) is 32.3 Å². The number of carbonyl (C=O) groups excluding carboxylic acids is 3. The van der Waals surface area contributed by atoms with Crippen molar-refractivity contribution >= 4 is 63.8 Å². The summed E-state index contributed by atoms with van der Waals surface area (Å²) in [6.07, 6.45) is -4.60. The number of thiazole rings is 1. The summed E-state index contributed by atoms with van der Waals surface area (Å²) in [5, 5.41) is 2.24. The fraction of sp³-hybridized carbons (Fsp3) is 0.200. The second-order valence-electron chi connectivity index (χ2n) is 10.0. The van der Waals surface area contributed by atoms with Gasteiger partial charge in [0.2, 0.25) is 17.7 Å². The maximum absolute atomic E-state index is 14.0. The van der Waals surface area contributed by atoms with Gasteiger partial charge in [-0.05, 0) is 48.5 Å². The lowest BCUT2D eigenvalue weighted by molar-refractivity contribution is -0.137. The van der Waals surface area contributed by atoms with Gasteiger partial charge in [-0.2, -0.15) is 13.2 Å². The lowest BCUT2D eigenvalue weighted by Crippen LogP contribution is -2.33. The molecular formula is C30H21ClF3N3O5S2. The van der Waals surface area contributed by atoms with E-state index in [1.807, 2.05) is 0 Å². The van der Waals surface area contributed by atoms with Crippen molar-refractivity contribution in [3.8, 4) is 5.75 Å². The Morgan fingerprint density at radius 1 is 1.00 bits per heavy atom. The van der Waals surface area contributed by atoms with Gasteiger partial charge in [0.25, 0.3) is 0 Å². The third-order valence-corrected chi connectivity index (χ3v) is 10.2. The van der Waals surface area contributed by atoms with E-state index in [2.05, 4.69) is 5.32 Å². The second kappa shape index (κ2) is 11.5. The molecule has 3 heterocycles. The Bertz CT molecular complexity index is 1860. The van der Waals surface area contributed by atoms with Crippen molar-refractivity contribution in [1.82, 2.24) is 4.57 Å². The number of rotatable bonds is 6. The number of fused-ring (bicyclic) bond motifs is 2. The predicted molar refractivity (Wildman–Crippen MR) is 161 cm³/mol. The van der Waals surface area contributed by atoms with Crippen LogP contribution in [-0.4, -0.2) is 34.6 Å². The molecule has 3 amide bonds. The van der Waals surface area contributed by atoms with Crippen molar-refractivity contribution in [2.45, 2.75) is 28.9 Å². The van der Waals surface area contributed by atoms with Crippen LogP contribution in [0.2, 0.25) is 5.02 Å². The molecule has 2 unspecified atom stereocenters. The Hall–Kier alpha value is -4.07. The van der Waals surface area contributed by atoms with E-state index < -0.39 is 58.0 Å². The van der Waals surface area contributed by atoms with Crippen molar-refractivity contribution in [3.63, 3.8) is 0 Å². The molecule has 6 rings (SSSR count). The van der Waals surface area contributed by atoms with Crippen LogP contribution < -0.4 is 19.8 Å². The van der Waals surface area contributed by atoms with Gasteiger partial charge in [-0.25, -0.2) is 4.90 Å². The third kappa shape index (κ3) is 5.29. The molecule has 2 aliphatic rings. The normalized spacial score (nSPS) is 19.5. The van der Waals surface area contributed by atoms with E-state index in [4.69, 9.17) is 16.3 Å². The summed E-state index contributed by atoms with van der Waals surface area (Å²) in [6.45, 7) is -0.521. The Kier molecular flexibility index (Phi) is 7.80. The number of aromatic nitrogens is 1. The lowest BCUT2D eigenvalue weighted by Gasteiger charge is -2.31. The summed E-state index contributed by atoms with van der Waals surface area (Å²) in [5.74, 6) is -2.87. The Labute approximate surface area is 261 Å². The number of thioether (sulfide) groups is 1. The lowest BCUT2D eigenvalue weighted by atomic mass is 9.82. The average molecular weight is 660 g/mol. The monoisotopic (exact) mass is 659 g/mol. The number of hydrogen-bond donors (Lipinski definition) is 1. The number of anilines is 2. The number of carbonyl (C=O) groups is 3. The minimum Gasteiger partial charge on any atom is -0.496 e. The number of methoxy groups -OCH3 is 1. The molecular weight excluding hydrogens is 639 g/mol. The van der Waals surface area contributed by atoms with Crippen molar-refractivity contribution in [2.24, 2.45) is 5.92 Å². The van der Waals surface area contributed by atoms with E-state index in [-0.39, 0.29) is 5.69 Å². The van der Waals surface area contributed by atoms with Gasteiger partial charge in [0.1, 0.15) is 17.5 Å². The highest BCUT2D eigenvalue weighted by atomic mass is 35.5. The molecule has 4 aromatic rings. The molecule has 44 heavy (non-hydrogen) atoms. The van der Waals surface area contributed by atoms with Gasteiger partial charge in [0, 0.05) is 27.1 Å². The minimum atomic E-state index is -4.60. The molecule has 8 nitrogen and oxygen atoms in total. The molecule has 1 aromatic heterocycles. The van der Waals surface area contributed by atoms with Crippen molar-refractivity contribution in [3.05, 3.63) is 103 Å². The highest BCUT2D eigenvalue weighted by molar-refractivity contribution is 8.00. The first-order chi connectivity index (χ1) is 21.0. The molecule has 1 fully saturated rings. The summed E-state index contributed by atoms with van der Waals surface area (Å²) in [6, 6.07) is 17.4. The van der Waals surface area contributed by atoms with Crippen LogP contribution in [0.15, 0.2) is 82.6 Å². The van der Waals surface area contributed by atoms with E-state index in [1.54, 1.807) is 48.5 Å². The number of para-hydroxylation sites is 1. The molecule has 3 atom stereocenters. The second-order valence-corrected chi connectivity index (χ2v) is 12.6. The standard InChI is InChI=1S/C30H21ClF3N3O5S2/c1-42-20-8-3-2-7-19(20)22-23-24(27(40)37(26(23)39)18-11-9-16(31)10-12-18)43-28-25(22)44-29(41)36(28)14-21(38)35-17-6-4-5-15(13-17)30(32,33)34/h2-13,22-24H,14H2,1H3,(H,35,38)/t22-,23?,24?/m1/s1. The molecule has 2 aliphatic heterocycles. The number of halogens is 4. The number of nitrogens with one attached hydrogen (secondary N) is 1. The van der Waals surface area contributed by atoms with E-state index >= 15 is 0 Å². The van der Waals surface area contributed by atoms with Gasteiger partial charge in [-0.3, -0.25) is 23.7 Å². The van der Waals surface area contributed by atoms with Crippen LogP contribution in [0.5, 0.6) is 5.75 Å². The summed E-state index contributed by atoms with van der Waals surface area (Å²) >= 11 is 7.90.